The van der Waals surface area contributed by atoms with E-state index in [-0.39, 0.29) is 30.6 Å². The van der Waals surface area contributed by atoms with Crippen molar-refractivity contribution < 1.29 is 19.1 Å². The molecule has 3 heterocycles. The summed E-state index contributed by atoms with van der Waals surface area (Å²) in [5, 5.41) is 4.33. The number of nitrogens with zero attached hydrogens (tertiary/aromatic N) is 4. The molecule has 0 saturated carbocycles. The monoisotopic (exact) mass is 362 g/mol. The molecule has 0 bridgehead atoms. The number of rotatable bonds is 5. The molecule has 0 aliphatic carbocycles. The van der Waals surface area contributed by atoms with Crippen molar-refractivity contribution in [2.75, 3.05) is 32.8 Å². The zero-order chi connectivity index (χ0) is 18.5. The van der Waals surface area contributed by atoms with Gasteiger partial charge in [0.2, 0.25) is 5.91 Å². The molecule has 0 spiro atoms. The van der Waals surface area contributed by atoms with Crippen LogP contribution in [-0.2, 0) is 27.3 Å². The Kier molecular flexibility index (Phi) is 5.90. The smallest absolute Gasteiger partial charge is 0.306 e. The topological polar surface area (TPSA) is 84.7 Å². The number of carbonyl (C=O) groups excluding carboxylic acids is 3. The van der Waals surface area contributed by atoms with Crippen LogP contribution in [0.3, 0.4) is 0 Å². The Balaban J connectivity index is 1.50. The van der Waals surface area contributed by atoms with E-state index >= 15 is 0 Å². The van der Waals surface area contributed by atoms with Crippen LogP contribution in [0, 0.1) is 0 Å². The predicted octanol–water partition coefficient (Wildman–Crippen LogP) is 0.847. The molecule has 0 unspecified atom stereocenters. The first-order valence-corrected chi connectivity index (χ1v) is 9.37. The van der Waals surface area contributed by atoms with E-state index in [0.29, 0.717) is 38.3 Å². The molecule has 1 fully saturated rings. The molecule has 2 aliphatic rings. The summed E-state index contributed by atoms with van der Waals surface area (Å²) >= 11 is 0. The minimum absolute atomic E-state index is 0.00627. The van der Waals surface area contributed by atoms with Crippen molar-refractivity contribution in [3.05, 3.63) is 17.5 Å². The Hall–Kier alpha value is -2.38. The highest BCUT2D eigenvalue weighted by Crippen LogP contribution is 2.20. The second kappa shape index (κ2) is 8.33. The number of hydrogen-bond acceptors (Lipinski definition) is 5. The maximum Gasteiger partial charge on any atom is 0.306 e. The van der Waals surface area contributed by atoms with Crippen LogP contribution in [0.2, 0.25) is 0 Å². The molecule has 26 heavy (non-hydrogen) atoms. The zero-order valence-electron chi connectivity index (χ0n) is 15.3. The van der Waals surface area contributed by atoms with Gasteiger partial charge in [-0.1, -0.05) is 0 Å². The SMILES string of the molecule is CCOC(=O)CCC(=O)N1CCN(C(=O)c2cnn3c2CCCC3)CC1. The van der Waals surface area contributed by atoms with E-state index in [9.17, 15) is 14.4 Å². The molecular weight excluding hydrogens is 336 g/mol. The molecule has 8 nitrogen and oxygen atoms in total. The lowest BCUT2D eigenvalue weighted by Crippen LogP contribution is -2.50. The highest BCUT2D eigenvalue weighted by atomic mass is 16.5. The lowest BCUT2D eigenvalue weighted by Gasteiger charge is -2.35. The first kappa shape index (κ1) is 18.4. The van der Waals surface area contributed by atoms with E-state index in [2.05, 4.69) is 5.10 Å². The van der Waals surface area contributed by atoms with Gasteiger partial charge in [-0.05, 0) is 26.2 Å². The number of amides is 2. The number of piperazine rings is 1. The molecule has 142 valence electrons. The molecule has 0 atom stereocenters. The first-order chi connectivity index (χ1) is 12.6. The van der Waals surface area contributed by atoms with Gasteiger partial charge in [-0.25, -0.2) is 0 Å². The quantitative estimate of drug-likeness (QED) is 0.725. The van der Waals surface area contributed by atoms with Crippen molar-refractivity contribution in [1.29, 1.82) is 0 Å². The number of fused-ring (bicyclic) bond motifs is 1. The minimum Gasteiger partial charge on any atom is -0.466 e. The molecule has 1 aromatic rings. The fraction of sp³-hybridized carbons (Fsp3) is 0.667. The normalized spacial score (nSPS) is 17.0. The second-order valence-corrected chi connectivity index (χ2v) is 6.66. The van der Waals surface area contributed by atoms with Crippen LogP contribution < -0.4 is 0 Å². The molecule has 8 heteroatoms. The van der Waals surface area contributed by atoms with Crippen molar-refractivity contribution in [1.82, 2.24) is 19.6 Å². The molecule has 1 aromatic heterocycles. The van der Waals surface area contributed by atoms with Crippen molar-refractivity contribution in [2.24, 2.45) is 0 Å². The van der Waals surface area contributed by atoms with Crippen LogP contribution in [0.1, 0.15) is 48.7 Å². The molecule has 1 saturated heterocycles. The van der Waals surface area contributed by atoms with Gasteiger partial charge < -0.3 is 14.5 Å². The number of aromatic nitrogens is 2. The van der Waals surface area contributed by atoms with Crippen molar-refractivity contribution >= 4 is 17.8 Å². The summed E-state index contributed by atoms with van der Waals surface area (Å²) in [4.78, 5) is 39.9. The Bertz CT molecular complexity index is 677. The van der Waals surface area contributed by atoms with Crippen LogP contribution in [0.15, 0.2) is 6.20 Å². The van der Waals surface area contributed by atoms with E-state index in [1.165, 1.54) is 0 Å². The summed E-state index contributed by atoms with van der Waals surface area (Å²) in [7, 11) is 0. The number of hydrogen-bond donors (Lipinski definition) is 0. The minimum atomic E-state index is -0.347. The van der Waals surface area contributed by atoms with Gasteiger partial charge in [-0.15, -0.1) is 0 Å². The van der Waals surface area contributed by atoms with Crippen LogP contribution in [0.25, 0.3) is 0 Å². The lowest BCUT2D eigenvalue weighted by molar-refractivity contribution is -0.146. The third-order valence-corrected chi connectivity index (χ3v) is 4.98. The summed E-state index contributed by atoms with van der Waals surface area (Å²) in [6.45, 7) is 4.96. The third kappa shape index (κ3) is 4.05. The molecule has 0 aromatic carbocycles. The van der Waals surface area contributed by atoms with E-state index < -0.39 is 0 Å². The van der Waals surface area contributed by atoms with Gasteiger partial charge in [-0.3, -0.25) is 19.1 Å². The number of carbonyl (C=O) groups is 3. The van der Waals surface area contributed by atoms with Crippen LogP contribution in [-0.4, -0.2) is 70.1 Å². The number of aryl methyl sites for hydroxylation is 1. The van der Waals surface area contributed by atoms with Gasteiger partial charge >= 0.3 is 5.97 Å². The van der Waals surface area contributed by atoms with Crippen LogP contribution >= 0.6 is 0 Å². The summed E-state index contributed by atoms with van der Waals surface area (Å²) in [5.41, 5.74) is 1.74. The predicted molar refractivity (Wildman–Crippen MR) is 93.5 cm³/mol. The Morgan fingerprint density at radius 2 is 1.77 bits per heavy atom. The summed E-state index contributed by atoms with van der Waals surface area (Å²) < 4.78 is 6.78. The standard InChI is InChI=1S/C18H26N4O4/c1-2-26-17(24)7-6-16(23)20-9-11-21(12-10-20)18(25)14-13-19-22-8-4-3-5-15(14)22/h13H,2-12H2,1H3. The Morgan fingerprint density at radius 1 is 1.04 bits per heavy atom. The van der Waals surface area contributed by atoms with Gasteiger partial charge in [0.1, 0.15) is 0 Å². The molecule has 2 amide bonds. The lowest BCUT2D eigenvalue weighted by atomic mass is 10.1. The first-order valence-electron chi connectivity index (χ1n) is 9.37. The molecule has 2 aliphatic heterocycles. The van der Waals surface area contributed by atoms with Gasteiger partial charge in [0.15, 0.2) is 0 Å². The fourth-order valence-electron chi connectivity index (χ4n) is 3.53. The zero-order valence-corrected chi connectivity index (χ0v) is 15.3. The van der Waals surface area contributed by atoms with Crippen LogP contribution in [0.4, 0.5) is 0 Å². The summed E-state index contributed by atoms with van der Waals surface area (Å²) in [5.74, 6) is -0.402. The van der Waals surface area contributed by atoms with E-state index in [0.717, 1.165) is 31.5 Å². The van der Waals surface area contributed by atoms with Crippen molar-refractivity contribution in [3.8, 4) is 0 Å². The van der Waals surface area contributed by atoms with Gasteiger partial charge in [0.05, 0.1) is 30.5 Å². The van der Waals surface area contributed by atoms with Crippen LogP contribution in [0.5, 0.6) is 0 Å². The third-order valence-electron chi connectivity index (χ3n) is 4.98. The fourth-order valence-corrected chi connectivity index (χ4v) is 3.53. The average Bonchev–Trinajstić information content (AvgIpc) is 3.10. The van der Waals surface area contributed by atoms with Gasteiger partial charge in [-0.2, -0.15) is 5.10 Å². The van der Waals surface area contributed by atoms with E-state index in [1.54, 1.807) is 22.9 Å². The van der Waals surface area contributed by atoms with Crippen molar-refractivity contribution in [3.63, 3.8) is 0 Å². The summed E-state index contributed by atoms with van der Waals surface area (Å²) in [6.07, 6.45) is 5.04. The molecule has 3 rings (SSSR count). The van der Waals surface area contributed by atoms with E-state index in [4.69, 9.17) is 4.74 Å². The summed E-state index contributed by atoms with van der Waals surface area (Å²) in [6, 6.07) is 0. The maximum absolute atomic E-state index is 12.8. The second-order valence-electron chi connectivity index (χ2n) is 6.66. The Labute approximate surface area is 153 Å². The number of ether oxygens (including phenoxy) is 1. The largest absolute Gasteiger partial charge is 0.466 e. The van der Waals surface area contributed by atoms with Crippen molar-refractivity contribution in [2.45, 2.75) is 45.6 Å². The van der Waals surface area contributed by atoms with E-state index in [1.807, 2.05) is 4.68 Å². The maximum atomic E-state index is 12.8. The highest BCUT2D eigenvalue weighted by molar-refractivity contribution is 5.95. The highest BCUT2D eigenvalue weighted by Gasteiger charge is 2.28. The van der Waals surface area contributed by atoms with Gasteiger partial charge in [0, 0.05) is 39.1 Å². The Morgan fingerprint density at radius 3 is 2.50 bits per heavy atom. The molecule has 0 N–H and O–H groups in total. The number of esters is 1. The molecule has 0 radical (unpaired) electrons. The molecular formula is C18H26N4O4. The van der Waals surface area contributed by atoms with Gasteiger partial charge in [0.25, 0.3) is 5.91 Å². The average molecular weight is 362 g/mol.